The molecule has 1 amide bonds. The lowest BCUT2D eigenvalue weighted by Crippen LogP contribution is -2.50. The molecule has 8 heteroatoms. The lowest BCUT2D eigenvalue weighted by Gasteiger charge is -2.34. The molecule has 1 fully saturated rings. The largest absolute Gasteiger partial charge is 0.381 e. The van der Waals surface area contributed by atoms with E-state index in [9.17, 15) is 13.2 Å². The Bertz CT molecular complexity index is 867. The summed E-state index contributed by atoms with van der Waals surface area (Å²) in [5.41, 5.74) is 1.24. The Labute approximate surface area is 172 Å². The van der Waals surface area contributed by atoms with Crippen molar-refractivity contribution in [3.63, 3.8) is 0 Å². The zero-order chi connectivity index (χ0) is 20.5. The first-order valence-corrected chi connectivity index (χ1v) is 11.3. The first-order chi connectivity index (χ1) is 14.1. The van der Waals surface area contributed by atoms with E-state index < -0.39 is 10.0 Å². The summed E-state index contributed by atoms with van der Waals surface area (Å²) < 4.78 is 32.2. The lowest BCUT2D eigenvalue weighted by atomic mass is 10.2. The van der Waals surface area contributed by atoms with Crippen LogP contribution in [0.4, 0.5) is 0 Å². The summed E-state index contributed by atoms with van der Waals surface area (Å²) in [5.74, 6) is 0.0510. The number of ether oxygens (including phenoxy) is 1. The average Bonchev–Trinajstić information content (AvgIpc) is 2.77. The molecule has 156 valence electrons. The standard InChI is InChI=1S/C21H27N3O4S/c25-21(9-5-16-28-17-10-19-6-2-1-3-7-19)23-12-14-24(15-13-23)29(26,27)20-8-4-11-22-18-20/h1-4,6-8,11,18H,5,9-10,12-17H2. The summed E-state index contributed by atoms with van der Waals surface area (Å²) in [5, 5.41) is 0. The second kappa shape index (κ2) is 10.5. The van der Waals surface area contributed by atoms with Crippen molar-refractivity contribution >= 4 is 15.9 Å². The van der Waals surface area contributed by atoms with E-state index in [1.54, 1.807) is 17.2 Å². The van der Waals surface area contributed by atoms with Crippen LogP contribution >= 0.6 is 0 Å². The van der Waals surface area contributed by atoms with Crippen molar-refractivity contribution in [1.82, 2.24) is 14.2 Å². The van der Waals surface area contributed by atoms with Gasteiger partial charge in [0.05, 0.1) is 6.61 Å². The maximum Gasteiger partial charge on any atom is 0.244 e. The Hall–Kier alpha value is -2.29. The SMILES string of the molecule is O=C(CCCOCCc1ccccc1)N1CCN(S(=O)(=O)c2cccnc2)CC1. The number of nitrogens with zero attached hydrogens (tertiary/aromatic N) is 3. The van der Waals surface area contributed by atoms with E-state index in [-0.39, 0.29) is 10.8 Å². The van der Waals surface area contributed by atoms with Crippen LogP contribution in [0.3, 0.4) is 0 Å². The summed E-state index contributed by atoms with van der Waals surface area (Å²) in [6.45, 7) is 2.62. The number of hydrogen-bond donors (Lipinski definition) is 0. The fourth-order valence-electron chi connectivity index (χ4n) is 3.25. The highest BCUT2D eigenvalue weighted by Gasteiger charge is 2.29. The molecule has 0 saturated carbocycles. The number of hydrogen-bond acceptors (Lipinski definition) is 5. The van der Waals surface area contributed by atoms with Crippen LogP contribution < -0.4 is 0 Å². The molecular weight excluding hydrogens is 390 g/mol. The monoisotopic (exact) mass is 417 g/mol. The molecule has 7 nitrogen and oxygen atoms in total. The maximum absolute atomic E-state index is 12.6. The number of pyridine rings is 1. The number of sulfonamides is 1. The number of piperazine rings is 1. The Kier molecular flexibility index (Phi) is 7.74. The van der Waals surface area contributed by atoms with Gasteiger partial charge in [0.25, 0.3) is 0 Å². The van der Waals surface area contributed by atoms with Crippen LogP contribution in [0, 0.1) is 0 Å². The van der Waals surface area contributed by atoms with Gasteiger partial charge in [-0.1, -0.05) is 30.3 Å². The van der Waals surface area contributed by atoms with Gasteiger partial charge < -0.3 is 9.64 Å². The zero-order valence-electron chi connectivity index (χ0n) is 16.4. The molecule has 1 aliphatic heterocycles. The van der Waals surface area contributed by atoms with Gasteiger partial charge in [0.1, 0.15) is 4.90 Å². The molecule has 3 rings (SSSR count). The minimum atomic E-state index is -3.55. The number of rotatable bonds is 9. The average molecular weight is 418 g/mol. The summed E-state index contributed by atoms with van der Waals surface area (Å²) in [6, 6.07) is 13.3. The van der Waals surface area contributed by atoms with Crippen molar-refractivity contribution in [3.05, 3.63) is 60.4 Å². The number of amides is 1. The van der Waals surface area contributed by atoms with Crippen LogP contribution in [0.1, 0.15) is 18.4 Å². The number of benzene rings is 1. The van der Waals surface area contributed by atoms with E-state index in [0.29, 0.717) is 52.2 Å². The Morgan fingerprint density at radius 3 is 2.45 bits per heavy atom. The second-order valence-corrected chi connectivity index (χ2v) is 8.86. The third-order valence-corrected chi connectivity index (χ3v) is 6.80. The van der Waals surface area contributed by atoms with Gasteiger partial charge in [-0.15, -0.1) is 0 Å². The fourth-order valence-corrected chi connectivity index (χ4v) is 4.63. The van der Waals surface area contributed by atoms with Crippen molar-refractivity contribution < 1.29 is 17.9 Å². The summed E-state index contributed by atoms with van der Waals surface area (Å²) in [6.07, 6.45) is 4.84. The zero-order valence-corrected chi connectivity index (χ0v) is 17.3. The van der Waals surface area contributed by atoms with Gasteiger partial charge >= 0.3 is 0 Å². The maximum atomic E-state index is 12.6. The van der Waals surface area contributed by atoms with Crippen LogP contribution in [-0.2, 0) is 26.0 Å². The normalized spacial score (nSPS) is 15.4. The quantitative estimate of drug-likeness (QED) is 0.583. The third kappa shape index (κ3) is 6.09. The Morgan fingerprint density at radius 2 is 1.76 bits per heavy atom. The van der Waals surface area contributed by atoms with Crippen molar-refractivity contribution in [2.24, 2.45) is 0 Å². The van der Waals surface area contributed by atoms with E-state index in [0.717, 1.165) is 6.42 Å². The molecule has 1 aliphatic rings. The fraction of sp³-hybridized carbons (Fsp3) is 0.429. The van der Waals surface area contributed by atoms with Crippen molar-refractivity contribution in [2.75, 3.05) is 39.4 Å². The summed E-state index contributed by atoms with van der Waals surface area (Å²) in [4.78, 5) is 18.2. The molecule has 0 unspecified atom stereocenters. The van der Waals surface area contributed by atoms with Crippen LogP contribution in [0.2, 0.25) is 0 Å². The molecule has 0 atom stereocenters. The topological polar surface area (TPSA) is 79.8 Å². The highest BCUT2D eigenvalue weighted by Crippen LogP contribution is 2.17. The first-order valence-electron chi connectivity index (χ1n) is 9.87. The Morgan fingerprint density at radius 1 is 1.00 bits per heavy atom. The van der Waals surface area contributed by atoms with E-state index in [2.05, 4.69) is 17.1 Å². The molecule has 2 aromatic rings. The van der Waals surface area contributed by atoms with Gasteiger partial charge in [0, 0.05) is 51.6 Å². The minimum Gasteiger partial charge on any atom is -0.381 e. The van der Waals surface area contributed by atoms with Gasteiger partial charge in [-0.3, -0.25) is 9.78 Å². The molecule has 0 radical (unpaired) electrons. The van der Waals surface area contributed by atoms with Crippen LogP contribution in [0.15, 0.2) is 59.8 Å². The highest BCUT2D eigenvalue weighted by molar-refractivity contribution is 7.89. The van der Waals surface area contributed by atoms with Crippen molar-refractivity contribution in [3.8, 4) is 0 Å². The van der Waals surface area contributed by atoms with Crippen LogP contribution in [-0.4, -0.2) is 67.9 Å². The number of carbonyl (C=O) groups excluding carboxylic acids is 1. The molecule has 1 aromatic heterocycles. The molecule has 0 spiro atoms. The molecule has 0 N–H and O–H groups in total. The summed E-state index contributed by atoms with van der Waals surface area (Å²) in [7, 11) is -3.55. The van der Waals surface area contributed by atoms with Gasteiger partial charge in [0.2, 0.25) is 15.9 Å². The van der Waals surface area contributed by atoms with E-state index in [1.165, 1.54) is 22.1 Å². The minimum absolute atomic E-state index is 0.0510. The highest BCUT2D eigenvalue weighted by atomic mass is 32.2. The van der Waals surface area contributed by atoms with Gasteiger partial charge in [-0.05, 0) is 30.5 Å². The summed E-state index contributed by atoms with van der Waals surface area (Å²) >= 11 is 0. The van der Waals surface area contributed by atoms with Crippen molar-refractivity contribution in [1.29, 1.82) is 0 Å². The number of aromatic nitrogens is 1. The molecule has 29 heavy (non-hydrogen) atoms. The number of carbonyl (C=O) groups is 1. The second-order valence-electron chi connectivity index (χ2n) is 6.93. The van der Waals surface area contributed by atoms with E-state index in [4.69, 9.17) is 4.74 Å². The van der Waals surface area contributed by atoms with E-state index >= 15 is 0 Å². The van der Waals surface area contributed by atoms with Crippen LogP contribution in [0.5, 0.6) is 0 Å². The third-order valence-electron chi connectivity index (χ3n) is 4.92. The lowest BCUT2D eigenvalue weighted by molar-refractivity contribution is -0.132. The molecule has 1 aromatic carbocycles. The van der Waals surface area contributed by atoms with Gasteiger partial charge in [-0.25, -0.2) is 8.42 Å². The predicted octanol–water partition coefficient (Wildman–Crippen LogP) is 1.95. The molecule has 0 bridgehead atoms. The van der Waals surface area contributed by atoms with Crippen molar-refractivity contribution in [2.45, 2.75) is 24.2 Å². The predicted molar refractivity (Wildman–Crippen MR) is 110 cm³/mol. The van der Waals surface area contributed by atoms with Crippen LogP contribution in [0.25, 0.3) is 0 Å². The molecule has 2 heterocycles. The van der Waals surface area contributed by atoms with Gasteiger partial charge in [-0.2, -0.15) is 4.31 Å². The van der Waals surface area contributed by atoms with E-state index in [1.807, 2.05) is 18.2 Å². The molecular formula is C21H27N3O4S. The molecule has 1 saturated heterocycles. The first kappa shape index (κ1) is 21.4. The smallest absolute Gasteiger partial charge is 0.244 e. The van der Waals surface area contributed by atoms with Gasteiger partial charge in [0.15, 0.2) is 0 Å². The molecule has 0 aliphatic carbocycles. The Balaban J connectivity index is 1.34.